The van der Waals surface area contributed by atoms with E-state index in [1.54, 1.807) is 18.3 Å². The Bertz CT molecular complexity index is 288. The number of hydrogen-bond donors (Lipinski definition) is 0. The molecule has 0 amide bonds. The van der Waals surface area contributed by atoms with Gasteiger partial charge in [0, 0.05) is 4.88 Å². The van der Waals surface area contributed by atoms with Crippen LogP contribution in [-0.2, 0) is 4.79 Å². The maximum Gasteiger partial charge on any atom is 0.145 e. The third-order valence-corrected chi connectivity index (χ3v) is 2.72. The van der Waals surface area contributed by atoms with Crippen molar-refractivity contribution in [2.24, 2.45) is 0 Å². The lowest BCUT2D eigenvalue weighted by molar-refractivity contribution is -0.104. The lowest BCUT2D eigenvalue weighted by atomic mass is 10.3. The van der Waals surface area contributed by atoms with Crippen LogP contribution in [0.4, 0.5) is 0 Å². The van der Waals surface area contributed by atoms with Gasteiger partial charge in [-0.15, -0.1) is 11.3 Å². The van der Waals surface area contributed by atoms with Gasteiger partial charge in [0.05, 0.1) is 3.79 Å². The summed E-state index contributed by atoms with van der Waals surface area (Å²) in [5.74, 6) is 0. The monoisotopic (exact) mass is 230 g/mol. The van der Waals surface area contributed by atoms with E-state index in [0.29, 0.717) is 0 Å². The zero-order chi connectivity index (χ0) is 8.27. The van der Waals surface area contributed by atoms with Crippen molar-refractivity contribution in [3.8, 4) is 0 Å². The van der Waals surface area contributed by atoms with Crippen LogP contribution in [-0.4, -0.2) is 6.29 Å². The Morgan fingerprint density at radius 1 is 1.64 bits per heavy atom. The van der Waals surface area contributed by atoms with Crippen LogP contribution in [0.25, 0.3) is 6.08 Å². The van der Waals surface area contributed by atoms with E-state index in [1.807, 2.05) is 18.2 Å². The predicted molar refractivity (Wildman–Crippen MR) is 51.7 cm³/mol. The summed E-state index contributed by atoms with van der Waals surface area (Å²) in [5, 5.41) is 0. The first-order valence-electron chi connectivity index (χ1n) is 3.11. The molecule has 0 fully saturated rings. The first-order chi connectivity index (χ1) is 5.22. The second-order valence-corrected chi connectivity index (χ2v) is 4.64. The van der Waals surface area contributed by atoms with Gasteiger partial charge in [0.15, 0.2) is 0 Å². The van der Waals surface area contributed by atoms with Crippen LogP contribution in [0.15, 0.2) is 21.5 Å². The first-order valence-corrected chi connectivity index (χ1v) is 4.72. The lowest BCUT2D eigenvalue weighted by Gasteiger charge is -1.84. The summed E-state index contributed by atoms with van der Waals surface area (Å²) in [7, 11) is 0. The van der Waals surface area contributed by atoms with E-state index >= 15 is 0 Å². The van der Waals surface area contributed by atoms with E-state index in [9.17, 15) is 4.79 Å². The molecule has 1 rings (SSSR count). The number of allylic oxidation sites excluding steroid dienone is 1. The number of thiophene rings is 1. The van der Waals surface area contributed by atoms with Crippen LogP contribution in [0, 0.1) is 0 Å². The normalized spacial score (nSPS) is 11.6. The van der Waals surface area contributed by atoms with Gasteiger partial charge in [0.2, 0.25) is 0 Å². The Morgan fingerprint density at radius 3 is 2.82 bits per heavy atom. The molecule has 1 heterocycles. The summed E-state index contributed by atoms with van der Waals surface area (Å²) in [4.78, 5) is 11.3. The fraction of sp³-hybridized carbons (Fsp3) is 0.125. The minimum atomic E-state index is 0.749. The molecule has 0 radical (unpaired) electrons. The highest BCUT2D eigenvalue weighted by Crippen LogP contribution is 2.23. The molecule has 0 aliphatic heterocycles. The Labute approximate surface area is 77.9 Å². The van der Waals surface area contributed by atoms with Crippen molar-refractivity contribution in [2.45, 2.75) is 6.92 Å². The van der Waals surface area contributed by atoms with Crippen molar-refractivity contribution in [3.05, 3.63) is 26.4 Å². The van der Waals surface area contributed by atoms with E-state index in [0.717, 1.165) is 20.5 Å². The van der Waals surface area contributed by atoms with E-state index in [2.05, 4.69) is 15.9 Å². The van der Waals surface area contributed by atoms with Gasteiger partial charge in [0.1, 0.15) is 6.29 Å². The molecule has 0 saturated heterocycles. The summed E-state index contributed by atoms with van der Waals surface area (Å²) < 4.78 is 1.09. The summed E-state index contributed by atoms with van der Waals surface area (Å²) >= 11 is 4.96. The van der Waals surface area contributed by atoms with Crippen molar-refractivity contribution < 1.29 is 4.79 Å². The largest absolute Gasteiger partial charge is 0.298 e. The lowest BCUT2D eigenvalue weighted by Crippen LogP contribution is -1.72. The molecular formula is C8H7BrOS. The third kappa shape index (κ3) is 2.60. The van der Waals surface area contributed by atoms with Crippen molar-refractivity contribution in [3.63, 3.8) is 0 Å². The summed E-state index contributed by atoms with van der Waals surface area (Å²) in [6.45, 7) is 1.79. The summed E-state index contributed by atoms with van der Waals surface area (Å²) in [6, 6.07) is 3.94. The fourth-order valence-corrected chi connectivity index (χ4v) is 2.10. The van der Waals surface area contributed by atoms with Crippen molar-refractivity contribution >= 4 is 39.6 Å². The van der Waals surface area contributed by atoms with Gasteiger partial charge in [0.25, 0.3) is 0 Å². The number of aldehydes is 1. The quantitative estimate of drug-likeness (QED) is 0.564. The number of rotatable bonds is 2. The average molecular weight is 231 g/mol. The Kier molecular flexibility index (Phi) is 3.02. The molecule has 1 aromatic rings. The molecule has 0 atom stereocenters. The molecule has 1 nitrogen and oxygen atoms in total. The van der Waals surface area contributed by atoms with Gasteiger partial charge in [-0.2, -0.15) is 0 Å². The molecule has 1 aromatic heterocycles. The molecule has 0 saturated carbocycles. The van der Waals surface area contributed by atoms with E-state index in [-0.39, 0.29) is 0 Å². The van der Waals surface area contributed by atoms with Gasteiger partial charge >= 0.3 is 0 Å². The van der Waals surface area contributed by atoms with Gasteiger partial charge < -0.3 is 0 Å². The van der Waals surface area contributed by atoms with E-state index in [1.165, 1.54) is 0 Å². The summed E-state index contributed by atoms with van der Waals surface area (Å²) in [6.07, 6.45) is 2.72. The number of halogens is 1. The highest BCUT2D eigenvalue weighted by molar-refractivity contribution is 9.11. The van der Waals surface area contributed by atoms with E-state index < -0.39 is 0 Å². The van der Waals surface area contributed by atoms with Crippen molar-refractivity contribution in [1.29, 1.82) is 0 Å². The molecule has 11 heavy (non-hydrogen) atoms. The molecule has 0 aliphatic carbocycles. The first kappa shape index (κ1) is 8.68. The second kappa shape index (κ2) is 3.83. The summed E-state index contributed by atoms with van der Waals surface area (Å²) in [5.41, 5.74) is 0.749. The van der Waals surface area contributed by atoms with Crippen LogP contribution in [0.1, 0.15) is 11.8 Å². The maximum absolute atomic E-state index is 10.2. The highest BCUT2D eigenvalue weighted by Gasteiger charge is 1.93. The third-order valence-electron chi connectivity index (χ3n) is 1.15. The zero-order valence-corrected chi connectivity index (χ0v) is 8.41. The molecule has 0 spiro atoms. The standard InChI is InChI=1S/C8H7BrOS/c1-6(5-10)4-7-2-3-8(9)11-7/h2-5H,1H3/b6-4-. The van der Waals surface area contributed by atoms with Crippen molar-refractivity contribution in [2.75, 3.05) is 0 Å². The topological polar surface area (TPSA) is 17.1 Å². The fourth-order valence-electron chi connectivity index (χ4n) is 0.664. The van der Waals surface area contributed by atoms with Gasteiger partial charge in [-0.1, -0.05) is 0 Å². The molecule has 0 aliphatic rings. The number of carbonyl (C=O) groups excluding carboxylic acids is 1. The smallest absolute Gasteiger partial charge is 0.145 e. The number of carbonyl (C=O) groups is 1. The molecule has 0 aromatic carbocycles. The SMILES string of the molecule is C/C(C=O)=C/c1ccc(Br)s1. The molecule has 0 bridgehead atoms. The Morgan fingerprint density at radius 2 is 2.36 bits per heavy atom. The minimum Gasteiger partial charge on any atom is -0.298 e. The minimum absolute atomic E-state index is 0.749. The molecule has 3 heteroatoms. The molecule has 0 N–H and O–H groups in total. The van der Waals surface area contributed by atoms with Crippen LogP contribution < -0.4 is 0 Å². The Balaban J connectivity index is 2.86. The maximum atomic E-state index is 10.2. The molecule has 0 unspecified atom stereocenters. The van der Waals surface area contributed by atoms with E-state index in [4.69, 9.17) is 0 Å². The molecule has 58 valence electrons. The van der Waals surface area contributed by atoms with Gasteiger partial charge in [-0.3, -0.25) is 4.79 Å². The van der Waals surface area contributed by atoms with Crippen LogP contribution in [0.2, 0.25) is 0 Å². The van der Waals surface area contributed by atoms with Crippen molar-refractivity contribution in [1.82, 2.24) is 0 Å². The van der Waals surface area contributed by atoms with Crippen LogP contribution in [0.5, 0.6) is 0 Å². The van der Waals surface area contributed by atoms with Crippen LogP contribution in [0.3, 0.4) is 0 Å². The van der Waals surface area contributed by atoms with Gasteiger partial charge in [-0.05, 0) is 46.6 Å². The van der Waals surface area contributed by atoms with Crippen LogP contribution >= 0.6 is 27.3 Å². The molecular weight excluding hydrogens is 224 g/mol. The zero-order valence-electron chi connectivity index (χ0n) is 6.00. The predicted octanol–water partition coefficient (Wildman–Crippen LogP) is 3.11. The second-order valence-electron chi connectivity index (χ2n) is 2.15. The van der Waals surface area contributed by atoms with Gasteiger partial charge in [-0.25, -0.2) is 0 Å². The average Bonchev–Trinajstić information content (AvgIpc) is 2.35. The highest BCUT2D eigenvalue weighted by atomic mass is 79.9. The number of hydrogen-bond acceptors (Lipinski definition) is 2. The Hall–Kier alpha value is -0.410.